The first-order chi connectivity index (χ1) is 7.83. The third kappa shape index (κ3) is 2.25. The minimum absolute atomic E-state index is 0.862. The van der Waals surface area contributed by atoms with Crippen LogP contribution in [0.3, 0.4) is 0 Å². The average molecular weight is 217 g/mol. The molecule has 3 heteroatoms. The highest BCUT2D eigenvalue weighted by Gasteiger charge is 2.06. The van der Waals surface area contributed by atoms with E-state index in [-0.39, 0.29) is 0 Å². The van der Waals surface area contributed by atoms with Crippen molar-refractivity contribution in [3.05, 3.63) is 30.0 Å². The molecule has 0 aliphatic rings. The van der Waals surface area contributed by atoms with Crippen LogP contribution < -0.4 is 5.32 Å². The second kappa shape index (κ2) is 5.12. The number of hydrogen-bond donors (Lipinski definition) is 1. The van der Waals surface area contributed by atoms with Gasteiger partial charge in [0, 0.05) is 19.0 Å². The fourth-order valence-corrected chi connectivity index (χ4v) is 1.93. The molecule has 0 atom stereocenters. The van der Waals surface area contributed by atoms with Crippen molar-refractivity contribution < 1.29 is 0 Å². The number of aryl methyl sites for hydroxylation is 1. The second-order valence-electron chi connectivity index (χ2n) is 4.12. The van der Waals surface area contributed by atoms with Crippen LogP contribution in [-0.4, -0.2) is 16.3 Å². The van der Waals surface area contributed by atoms with Crippen LogP contribution >= 0.6 is 0 Å². The molecule has 0 aliphatic heterocycles. The SMILES string of the molecule is CCCCNCc1nn(C)c2ccccc12. The van der Waals surface area contributed by atoms with Gasteiger partial charge in [-0.05, 0) is 19.0 Å². The van der Waals surface area contributed by atoms with Gasteiger partial charge in [0.05, 0.1) is 11.2 Å². The Morgan fingerprint density at radius 1 is 1.31 bits per heavy atom. The number of rotatable bonds is 5. The van der Waals surface area contributed by atoms with Crippen molar-refractivity contribution >= 4 is 10.9 Å². The molecule has 1 aromatic heterocycles. The molecule has 3 nitrogen and oxygen atoms in total. The lowest BCUT2D eigenvalue weighted by Gasteiger charge is -2.00. The van der Waals surface area contributed by atoms with E-state index in [4.69, 9.17) is 0 Å². The van der Waals surface area contributed by atoms with E-state index >= 15 is 0 Å². The highest BCUT2D eigenvalue weighted by Crippen LogP contribution is 2.16. The predicted octanol–water partition coefficient (Wildman–Crippen LogP) is 2.46. The van der Waals surface area contributed by atoms with Gasteiger partial charge < -0.3 is 5.32 Å². The van der Waals surface area contributed by atoms with Gasteiger partial charge in [-0.25, -0.2) is 0 Å². The topological polar surface area (TPSA) is 29.9 Å². The van der Waals surface area contributed by atoms with Crippen LogP contribution in [0.1, 0.15) is 25.5 Å². The highest BCUT2D eigenvalue weighted by molar-refractivity contribution is 5.81. The minimum atomic E-state index is 0.862. The molecule has 0 radical (unpaired) electrons. The predicted molar refractivity (Wildman–Crippen MR) is 67.3 cm³/mol. The summed E-state index contributed by atoms with van der Waals surface area (Å²) in [5.41, 5.74) is 2.35. The quantitative estimate of drug-likeness (QED) is 0.780. The van der Waals surface area contributed by atoms with Crippen LogP contribution in [0.25, 0.3) is 10.9 Å². The number of hydrogen-bond acceptors (Lipinski definition) is 2. The molecule has 0 bridgehead atoms. The number of nitrogens with one attached hydrogen (secondary N) is 1. The number of unbranched alkanes of at least 4 members (excludes halogenated alkanes) is 1. The van der Waals surface area contributed by atoms with Crippen LogP contribution in [0.15, 0.2) is 24.3 Å². The molecule has 0 spiro atoms. The van der Waals surface area contributed by atoms with Gasteiger partial charge in [0.1, 0.15) is 0 Å². The van der Waals surface area contributed by atoms with Crippen LogP contribution in [-0.2, 0) is 13.6 Å². The van der Waals surface area contributed by atoms with Crippen LogP contribution in [0.2, 0.25) is 0 Å². The van der Waals surface area contributed by atoms with E-state index in [0.717, 1.165) is 18.8 Å². The first-order valence-corrected chi connectivity index (χ1v) is 5.94. The van der Waals surface area contributed by atoms with E-state index in [0.29, 0.717) is 0 Å². The number of nitrogens with zero attached hydrogens (tertiary/aromatic N) is 2. The van der Waals surface area contributed by atoms with Crippen molar-refractivity contribution in [1.29, 1.82) is 0 Å². The molecule has 1 heterocycles. The fourth-order valence-electron chi connectivity index (χ4n) is 1.93. The summed E-state index contributed by atoms with van der Waals surface area (Å²) in [7, 11) is 2.00. The number of benzene rings is 1. The fraction of sp³-hybridized carbons (Fsp3) is 0.462. The molecule has 0 aliphatic carbocycles. The standard InChI is InChI=1S/C13H19N3/c1-3-4-9-14-10-12-11-7-5-6-8-13(11)16(2)15-12/h5-8,14H,3-4,9-10H2,1-2H3. The van der Waals surface area contributed by atoms with Crippen molar-refractivity contribution in [3.8, 4) is 0 Å². The van der Waals surface area contributed by atoms with E-state index in [2.05, 4.69) is 41.6 Å². The normalized spacial score (nSPS) is 11.1. The monoisotopic (exact) mass is 217 g/mol. The summed E-state index contributed by atoms with van der Waals surface area (Å²) >= 11 is 0. The first kappa shape index (κ1) is 11.1. The lowest BCUT2D eigenvalue weighted by Crippen LogP contribution is -2.15. The van der Waals surface area contributed by atoms with Gasteiger partial charge in [0.2, 0.25) is 0 Å². The number of para-hydroxylation sites is 1. The molecular weight excluding hydrogens is 198 g/mol. The highest BCUT2D eigenvalue weighted by atomic mass is 15.3. The Labute approximate surface area is 96.5 Å². The van der Waals surface area contributed by atoms with E-state index in [1.807, 2.05) is 11.7 Å². The van der Waals surface area contributed by atoms with Gasteiger partial charge in [0.15, 0.2) is 0 Å². The molecule has 0 unspecified atom stereocenters. The lowest BCUT2D eigenvalue weighted by atomic mass is 10.2. The zero-order valence-electron chi connectivity index (χ0n) is 10.0. The zero-order chi connectivity index (χ0) is 11.4. The van der Waals surface area contributed by atoms with Gasteiger partial charge in [0.25, 0.3) is 0 Å². The van der Waals surface area contributed by atoms with Crippen LogP contribution in [0.5, 0.6) is 0 Å². The molecule has 0 saturated carbocycles. The maximum atomic E-state index is 4.54. The molecular formula is C13H19N3. The molecule has 86 valence electrons. The Bertz CT molecular complexity index is 459. The Balaban J connectivity index is 2.12. The summed E-state index contributed by atoms with van der Waals surface area (Å²) in [5, 5.41) is 9.23. The molecule has 0 amide bonds. The van der Waals surface area contributed by atoms with E-state index in [9.17, 15) is 0 Å². The molecule has 0 fully saturated rings. The molecule has 1 N–H and O–H groups in total. The van der Waals surface area contributed by atoms with Crippen molar-refractivity contribution in [2.75, 3.05) is 6.54 Å². The van der Waals surface area contributed by atoms with Crippen molar-refractivity contribution in [2.24, 2.45) is 7.05 Å². The van der Waals surface area contributed by atoms with Crippen molar-refractivity contribution in [2.45, 2.75) is 26.3 Å². The molecule has 16 heavy (non-hydrogen) atoms. The smallest absolute Gasteiger partial charge is 0.0841 e. The molecule has 2 aromatic rings. The Kier molecular flexibility index (Phi) is 3.57. The van der Waals surface area contributed by atoms with Gasteiger partial charge in [-0.3, -0.25) is 4.68 Å². The van der Waals surface area contributed by atoms with E-state index in [1.165, 1.54) is 23.7 Å². The number of fused-ring (bicyclic) bond motifs is 1. The third-order valence-corrected chi connectivity index (χ3v) is 2.83. The van der Waals surface area contributed by atoms with Gasteiger partial charge >= 0.3 is 0 Å². The maximum absolute atomic E-state index is 4.54. The molecule has 1 aromatic carbocycles. The summed E-state index contributed by atoms with van der Waals surface area (Å²) in [5.74, 6) is 0. The summed E-state index contributed by atoms with van der Waals surface area (Å²) in [4.78, 5) is 0. The Morgan fingerprint density at radius 2 is 2.12 bits per heavy atom. The maximum Gasteiger partial charge on any atom is 0.0841 e. The van der Waals surface area contributed by atoms with Crippen LogP contribution in [0, 0.1) is 0 Å². The minimum Gasteiger partial charge on any atom is -0.311 e. The summed E-state index contributed by atoms with van der Waals surface area (Å²) in [6.45, 7) is 4.14. The second-order valence-corrected chi connectivity index (χ2v) is 4.12. The van der Waals surface area contributed by atoms with Gasteiger partial charge in [-0.15, -0.1) is 0 Å². The van der Waals surface area contributed by atoms with Crippen LogP contribution in [0.4, 0.5) is 0 Å². The van der Waals surface area contributed by atoms with Gasteiger partial charge in [-0.2, -0.15) is 5.10 Å². The Hall–Kier alpha value is -1.35. The largest absolute Gasteiger partial charge is 0.311 e. The van der Waals surface area contributed by atoms with E-state index < -0.39 is 0 Å². The molecule has 0 saturated heterocycles. The zero-order valence-corrected chi connectivity index (χ0v) is 10.0. The van der Waals surface area contributed by atoms with Crippen molar-refractivity contribution in [3.63, 3.8) is 0 Å². The molecule has 2 rings (SSSR count). The average Bonchev–Trinajstić information content (AvgIpc) is 2.63. The Morgan fingerprint density at radius 3 is 2.94 bits per heavy atom. The lowest BCUT2D eigenvalue weighted by molar-refractivity contribution is 0.625. The van der Waals surface area contributed by atoms with Gasteiger partial charge in [-0.1, -0.05) is 31.5 Å². The summed E-state index contributed by atoms with van der Waals surface area (Å²) in [6, 6.07) is 8.37. The number of aromatic nitrogens is 2. The third-order valence-electron chi connectivity index (χ3n) is 2.83. The summed E-state index contributed by atoms with van der Waals surface area (Å²) in [6.07, 6.45) is 2.46. The van der Waals surface area contributed by atoms with Crippen molar-refractivity contribution in [1.82, 2.24) is 15.1 Å². The van der Waals surface area contributed by atoms with E-state index in [1.54, 1.807) is 0 Å². The first-order valence-electron chi connectivity index (χ1n) is 5.94. The summed E-state index contributed by atoms with van der Waals surface area (Å²) < 4.78 is 1.95.